The summed E-state index contributed by atoms with van der Waals surface area (Å²) in [5.41, 5.74) is 1.12. The molecule has 4 nitrogen and oxygen atoms in total. The lowest BCUT2D eigenvalue weighted by Crippen LogP contribution is -2.34. The Bertz CT molecular complexity index is 849. The van der Waals surface area contributed by atoms with E-state index >= 15 is 0 Å². The van der Waals surface area contributed by atoms with Crippen LogP contribution in [-0.2, 0) is 0 Å². The number of aromatic nitrogens is 1. The summed E-state index contributed by atoms with van der Waals surface area (Å²) in [5, 5.41) is 6.59. The molecule has 1 aromatic carbocycles. The molecular formula is C18H18ClN3OS. The zero-order valence-corrected chi connectivity index (χ0v) is 15.1. The summed E-state index contributed by atoms with van der Waals surface area (Å²) in [6, 6.07) is 13.3. The molecule has 1 N–H and O–H groups in total. The van der Waals surface area contributed by atoms with E-state index in [1.807, 2.05) is 43.7 Å². The topological polar surface area (TPSA) is 45.2 Å². The lowest BCUT2D eigenvalue weighted by atomic mass is 10.2. The number of benzene rings is 1. The fourth-order valence-corrected chi connectivity index (χ4v) is 3.60. The second kappa shape index (κ2) is 7.30. The lowest BCUT2D eigenvalue weighted by Gasteiger charge is -2.23. The Kier molecular flexibility index (Phi) is 5.14. The molecule has 0 aliphatic heterocycles. The van der Waals surface area contributed by atoms with E-state index in [0.29, 0.717) is 17.3 Å². The molecule has 2 aromatic heterocycles. The highest BCUT2D eigenvalue weighted by Gasteiger charge is 2.17. The van der Waals surface area contributed by atoms with E-state index in [9.17, 15) is 4.79 Å². The van der Waals surface area contributed by atoms with Crippen molar-refractivity contribution in [2.24, 2.45) is 0 Å². The average Bonchev–Trinajstić information content (AvgIpc) is 3.08. The molecule has 3 rings (SSSR count). The summed E-state index contributed by atoms with van der Waals surface area (Å²) >= 11 is 7.69. The van der Waals surface area contributed by atoms with Gasteiger partial charge in [-0.3, -0.25) is 4.79 Å². The molecule has 2 heterocycles. The van der Waals surface area contributed by atoms with Crippen LogP contribution in [0.3, 0.4) is 0 Å². The Labute approximate surface area is 150 Å². The molecule has 1 unspecified atom stereocenters. The van der Waals surface area contributed by atoms with Gasteiger partial charge < -0.3 is 10.2 Å². The lowest BCUT2D eigenvalue weighted by molar-refractivity contribution is 0.0937. The Morgan fingerprint density at radius 1 is 1.29 bits per heavy atom. The fourth-order valence-electron chi connectivity index (χ4n) is 2.52. The van der Waals surface area contributed by atoms with E-state index in [1.165, 1.54) is 4.88 Å². The maximum absolute atomic E-state index is 12.4. The van der Waals surface area contributed by atoms with Gasteiger partial charge >= 0.3 is 0 Å². The van der Waals surface area contributed by atoms with Gasteiger partial charge in [0, 0.05) is 21.8 Å². The first-order valence-electron chi connectivity index (χ1n) is 7.59. The Morgan fingerprint density at radius 2 is 2.08 bits per heavy atom. The van der Waals surface area contributed by atoms with Crippen LogP contribution in [0.4, 0.5) is 0 Å². The fraction of sp³-hybridized carbons (Fsp3) is 0.222. The number of halogens is 1. The molecule has 0 bridgehead atoms. The number of hydrogen-bond acceptors (Lipinski definition) is 4. The molecule has 0 aliphatic rings. The highest BCUT2D eigenvalue weighted by Crippen LogP contribution is 2.22. The highest BCUT2D eigenvalue weighted by atomic mass is 35.5. The monoisotopic (exact) mass is 359 g/mol. The van der Waals surface area contributed by atoms with Crippen molar-refractivity contribution >= 4 is 39.7 Å². The van der Waals surface area contributed by atoms with Gasteiger partial charge in [-0.05, 0) is 43.7 Å². The Balaban J connectivity index is 1.74. The van der Waals surface area contributed by atoms with E-state index < -0.39 is 0 Å². The number of fused-ring (bicyclic) bond motifs is 1. The van der Waals surface area contributed by atoms with Gasteiger partial charge in [0.15, 0.2) is 0 Å². The van der Waals surface area contributed by atoms with Crippen LogP contribution in [0, 0.1) is 0 Å². The third-order valence-corrected chi connectivity index (χ3v) is 5.05. The molecule has 1 amide bonds. The van der Waals surface area contributed by atoms with Gasteiger partial charge in [-0.1, -0.05) is 29.8 Å². The molecular weight excluding hydrogens is 342 g/mol. The van der Waals surface area contributed by atoms with Crippen molar-refractivity contribution in [3.05, 3.63) is 63.4 Å². The minimum absolute atomic E-state index is 0.142. The van der Waals surface area contributed by atoms with Gasteiger partial charge in [0.25, 0.3) is 5.91 Å². The Hall–Kier alpha value is -1.95. The van der Waals surface area contributed by atoms with E-state index in [-0.39, 0.29) is 11.9 Å². The number of hydrogen-bond donors (Lipinski definition) is 1. The molecule has 1 atom stereocenters. The summed E-state index contributed by atoms with van der Waals surface area (Å²) in [6.45, 7) is 0.529. The molecule has 0 fully saturated rings. The van der Waals surface area contributed by atoms with Crippen molar-refractivity contribution in [2.75, 3.05) is 20.6 Å². The van der Waals surface area contributed by atoms with Crippen LogP contribution in [0.25, 0.3) is 10.9 Å². The van der Waals surface area contributed by atoms with E-state index in [1.54, 1.807) is 23.5 Å². The highest BCUT2D eigenvalue weighted by molar-refractivity contribution is 7.10. The van der Waals surface area contributed by atoms with Crippen molar-refractivity contribution in [3.63, 3.8) is 0 Å². The van der Waals surface area contributed by atoms with Crippen LogP contribution >= 0.6 is 22.9 Å². The summed E-state index contributed by atoms with van der Waals surface area (Å²) in [4.78, 5) is 20.2. The van der Waals surface area contributed by atoms with Crippen molar-refractivity contribution in [2.45, 2.75) is 6.04 Å². The van der Waals surface area contributed by atoms with Crippen LogP contribution in [0.2, 0.25) is 5.02 Å². The van der Waals surface area contributed by atoms with E-state index in [2.05, 4.69) is 21.3 Å². The van der Waals surface area contributed by atoms with Crippen LogP contribution in [-0.4, -0.2) is 36.4 Å². The summed E-state index contributed by atoms with van der Waals surface area (Å²) in [5.74, 6) is -0.180. The van der Waals surface area contributed by atoms with Crippen molar-refractivity contribution in [1.82, 2.24) is 15.2 Å². The van der Waals surface area contributed by atoms with Gasteiger partial charge in [0.1, 0.15) is 5.69 Å². The second-order valence-electron chi connectivity index (χ2n) is 5.74. The average molecular weight is 360 g/mol. The summed E-state index contributed by atoms with van der Waals surface area (Å²) in [6.07, 6.45) is 0. The molecule has 0 radical (unpaired) electrons. The maximum atomic E-state index is 12.4. The SMILES string of the molecule is CN(C)C(CNC(=O)c1ccc2ccc(Cl)cc2n1)c1cccs1. The van der Waals surface area contributed by atoms with Crippen LogP contribution in [0.5, 0.6) is 0 Å². The molecule has 124 valence electrons. The molecule has 0 saturated carbocycles. The van der Waals surface area contributed by atoms with E-state index in [4.69, 9.17) is 11.6 Å². The molecule has 3 aromatic rings. The molecule has 0 saturated heterocycles. The summed E-state index contributed by atoms with van der Waals surface area (Å²) in [7, 11) is 4.01. The first-order valence-corrected chi connectivity index (χ1v) is 8.84. The smallest absolute Gasteiger partial charge is 0.269 e. The molecule has 0 aliphatic carbocycles. The summed E-state index contributed by atoms with van der Waals surface area (Å²) < 4.78 is 0. The number of likely N-dealkylation sites (N-methyl/N-ethyl adjacent to an activating group) is 1. The molecule has 6 heteroatoms. The molecule has 24 heavy (non-hydrogen) atoms. The number of thiophene rings is 1. The normalized spacial score (nSPS) is 12.5. The number of amides is 1. The predicted octanol–water partition coefficient (Wildman–Crippen LogP) is 3.98. The zero-order chi connectivity index (χ0) is 17.1. The quantitative estimate of drug-likeness (QED) is 0.749. The van der Waals surface area contributed by atoms with Gasteiger partial charge in [0.05, 0.1) is 11.6 Å². The van der Waals surface area contributed by atoms with Gasteiger partial charge in [-0.15, -0.1) is 11.3 Å². The minimum Gasteiger partial charge on any atom is -0.349 e. The maximum Gasteiger partial charge on any atom is 0.269 e. The standard InChI is InChI=1S/C18H18ClN3OS/c1-22(2)16(17-4-3-9-24-17)11-20-18(23)14-8-6-12-5-7-13(19)10-15(12)21-14/h3-10,16H,11H2,1-2H3,(H,20,23). The van der Waals surface area contributed by atoms with Crippen LogP contribution in [0.15, 0.2) is 47.8 Å². The largest absolute Gasteiger partial charge is 0.349 e. The third kappa shape index (κ3) is 3.75. The van der Waals surface area contributed by atoms with Crippen LogP contribution < -0.4 is 5.32 Å². The van der Waals surface area contributed by atoms with Gasteiger partial charge in [-0.25, -0.2) is 4.98 Å². The minimum atomic E-state index is -0.180. The third-order valence-electron chi connectivity index (χ3n) is 3.84. The number of nitrogens with one attached hydrogen (secondary N) is 1. The predicted molar refractivity (Wildman–Crippen MR) is 99.8 cm³/mol. The van der Waals surface area contributed by atoms with Gasteiger partial charge in [-0.2, -0.15) is 0 Å². The van der Waals surface area contributed by atoms with Crippen molar-refractivity contribution in [1.29, 1.82) is 0 Å². The van der Waals surface area contributed by atoms with E-state index in [0.717, 1.165) is 10.9 Å². The number of nitrogens with zero attached hydrogens (tertiary/aromatic N) is 2. The van der Waals surface area contributed by atoms with Gasteiger partial charge in [0.2, 0.25) is 0 Å². The number of carbonyl (C=O) groups is 1. The number of rotatable bonds is 5. The van der Waals surface area contributed by atoms with Crippen molar-refractivity contribution < 1.29 is 4.79 Å². The first kappa shape index (κ1) is 16.9. The second-order valence-corrected chi connectivity index (χ2v) is 7.15. The Morgan fingerprint density at radius 3 is 2.79 bits per heavy atom. The zero-order valence-electron chi connectivity index (χ0n) is 13.5. The van der Waals surface area contributed by atoms with Crippen molar-refractivity contribution in [3.8, 4) is 0 Å². The first-order chi connectivity index (χ1) is 11.5. The van der Waals surface area contributed by atoms with Crippen LogP contribution in [0.1, 0.15) is 21.4 Å². The number of carbonyl (C=O) groups excluding carboxylic acids is 1. The number of pyridine rings is 1. The molecule has 0 spiro atoms.